The summed E-state index contributed by atoms with van der Waals surface area (Å²) in [5, 5.41) is 3.30. The summed E-state index contributed by atoms with van der Waals surface area (Å²) in [6.07, 6.45) is 18.2. The minimum atomic E-state index is 0.914. The van der Waals surface area contributed by atoms with Gasteiger partial charge in [-0.15, -0.1) is 0 Å². The van der Waals surface area contributed by atoms with Crippen LogP contribution in [0.3, 0.4) is 0 Å². The molecule has 0 heterocycles. The SMILES string of the molecule is C=C(/C=C\C=C\NC(=C)c1cc(C)ccc1CC)CCCCC(CC)CCC. The first-order chi connectivity index (χ1) is 13.5. The van der Waals surface area contributed by atoms with Crippen molar-refractivity contribution < 1.29 is 0 Å². The average Bonchev–Trinajstić information content (AvgIpc) is 2.69. The van der Waals surface area contributed by atoms with Crippen LogP contribution in [-0.2, 0) is 6.42 Å². The molecule has 0 amide bonds. The second-order valence-corrected chi connectivity index (χ2v) is 7.82. The molecule has 1 atom stereocenters. The summed E-state index contributed by atoms with van der Waals surface area (Å²) in [4.78, 5) is 0. The fraction of sp³-hybridized carbons (Fsp3) is 0.481. The zero-order valence-electron chi connectivity index (χ0n) is 18.7. The van der Waals surface area contributed by atoms with Crippen LogP contribution in [0.2, 0.25) is 0 Å². The van der Waals surface area contributed by atoms with E-state index in [9.17, 15) is 0 Å². The van der Waals surface area contributed by atoms with Gasteiger partial charge in [-0.25, -0.2) is 0 Å². The van der Waals surface area contributed by atoms with Gasteiger partial charge in [0.1, 0.15) is 0 Å². The lowest BCUT2D eigenvalue weighted by atomic mass is 9.93. The Balaban J connectivity index is 2.34. The summed E-state index contributed by atoms with van der Waals surface area (Å²) in [5.41, 5.74) is 5.94. The van der Waals surface area contributed by atoms with E-state index in [1.54, 1.807) is 0 Å². The van der Waals surface area contributed by atoms with Gasteiger partial charge in [0, 0.05) is 17.5 Å². The van der Waals surface area contributed by atoms with Crippen LogP contribution < -0.4 is 5.32 Å². The van der Waals surface area contributed by atoms with Crippen LogP contribution in [0.1, 0.15) is 82.4 Å². The quantitative estimate of drug-likeness (QED) is 0.254. The molecule has 0 radical (unpaired) electrons. The van der Waals surface area contributed by atoms with Crippen molar-refractivity contribution in [1.82, 2.24) is 5.32 Å². The molecule has 154 valence electrons. The summed E-state index contributed by atoms with van der Waals surface area (Å²) in [5.74, 6) is 0.914. The second-order valence-electron chi connectivity index (χ2n) is 7.82. The Morgan fingerprint density at radius 2 is 1.86 bits per heavy atom. The lowest BCUT2D eigenvalue weighted by molar-refractivity contribution is 0.414. The molecule has 28 heavy (non-hydrogen) atoms. The van der Waals surface area contributed by atoms with Gasteiger partial charge in [-0.1, -0.05) is 101 Å². The molecule has 1 rings (SSSR count). The standard InChI is InChI=1S/C27H41N/c1-7-14-25(8-2)17-11-10-15-22(4)16-12-13-20-28-24(6)27-21-23(5)18-19-26(27)9-3/h12-13,16,18-21,25,28H,4,6-11,14-15,17H2,1-3,5H3/b16-12-,20-13+. The lowest BCUT2D eigenvalue weighted by Gasteiger charge is -2.13. The van der Waals surface area contributed by atoms with Crippen molar-refractivity contribution in [2.75, 3.05) is 0 Å². The molecule has 0 saturated heterocycles. The largest absolute Gasteiger partial charge is 0.362 e. The molecular formula is C27H41N. The fourth-order valence-corrected chi connectivity index (χ4v) is 3.58. The summed E-state index contributed by atoms with van der Waals surface area (Å²) in [6.45, 7) is 17.3. The average molecular weight is 380 g/mol. The van der Waals surface area contributed by atoms with Crippen molar-refractivity contribution >= 4 is 5.70 Å². The summed E-state index contributed by atoms with van der Waals surface area (Å²) >= 11 is 0. The first kappa shape index (κ1) is 24.0. The summed E-state index contributed by atoms with van der Waals surface area (Å²) in [6, 6.07) is 6.55. The Morgan fingerprint density at radius 3 is 2.54 bits per heavy atom. The van der Waals surface area contributed by atoms with Crippen molar-refractivity contribution in [3.8, 4) is 0 Å². The van der Waals surface area contributed by atoms with E-state index in [4.69, 9.17) is 0 Å². The van der Waals surface area contributed by atoms with Gasteiger partial charge < -0.3 is 5.32 Å². The first-order valence-corrected chi connectivity index (χ1v) is 11.1. The van der Waals surface area contributed by atoms with Crippen molar-refractivity contribution in [2.24, 2.45) is 5.92 Å². The second kappa shape index (κ2) is 14.0. The normalized spacial score (nSPS) is 12.6. The van der Waals surface area contributed by atoms with E-state index < -0.39 is 0 Å². The van der Waals surface area contributed by atoms with Gasteiger partial charge in [-0.05, 0) is 49.8 Å². The predicted molar refractivity (Wildman–Crippen MR) is 127 cm³/mol. The molecule has 0 aliphatic heterocycles. The maximum atomic E-state index is 4.19. The van der Waals surface area contributed by atoms with E-state index >= 15 is 0 Å². The maximum Gasteiger partial charge on any atom is 0.0383 e. The van der Waals surface area contributed by atoms with Gasteiger partial charge in [0.05, 0.1) is 0 Å². The number of aryl methyl sites for hydroxylation is 2. The van der Waals surface area contributed by atoms with Gasteiger partial charge in [0.25, 0.3) is 0 Å². The molecule has 0 saturated carbocycles. The van der Waals surface area contributed by atoms with Crippen LogP contribution in [0.4, 0.5) is 0 Å². The Bertz CT molecular complexity index is 663. The lowest BCUT2D eigenvalue weighted by Crippen LogP contribution is -2.05. The van der Waals surface area contributed by atoms with Crippen molar-refractivity contribution in [3.63, 3.8) is 0 Å². The highest BCUT2D eigenvalue weighted by Crippen LogP contribution is 2.20. The molecule has 0 fully saturated rings. The Kier molecular flexibility index (Phi) is 12.0. The third-order valence-electron chi connectivity index (χ3n) is 5.40. The van der Waals surface area contributed by atoms with Crippen LogP contribution in [0.25, 0.3) is 5.70 Å². The first-order valence-electron chi connectivity index (χ1n) is 11.1. The molecule has 0 aliphatic rings. The topological polar surface area (TPSA) is 12.0 Å². The number of unbranched alkanes of at least 4 members (excludes halogenated alkanes) is 1. The van der Waals surface area contributed by atoms with Crippen molar-refractivity contribution in [1.29, 1.82) is 0 Å². The van der Waals surface area contributed by atoms with E-state index in [0.717, 1.165) is 24.5 Å². The van der Waals surface area contributed by atoms with Crippen molar-refractivity contribution in [3.05, 3.63) is 78.0 Å². The van der Waals surface area contributed by atoms with E-state index in [1.165, 1.54) is 60.8 Å². The molecule has 1 nitrogen and oxygen atoms in total. The summed E-state index contributed by atoms with van der Waals surface area (Å²) < 4.78 is 0. The van der Waals surface area contributed by atoms with Crippen LogP contribution in [-0.4, -0.2) is 0 Å². The van der Waals surface area contributed by atoms with E-state index in [2.05, 4.69) is 76.5 Å². The number of rotatable bonds is 14. The molecule has 1 unspecified atom stereocenters. The minimum Gasteiger partial charge on any atom is -0.362 e. The van der Waals surface area contributed by atoms with Crippen LogP contribution in [0.5, 0.6) is 0 Å². The molecule has 0 spiro atoms. The van der Waals surface area contributed by atoms with E-state index in [0.29, 0.717) is 0 Å². The Hall–Kier alpha value is -2.02. The maximum absolute atomic E-state index is 4.19. The number of nitrogens with one attached hydrogen (secondary N) is 1. The number of benzene rings is 1. The van der Waals surface area contributed by atoms with Gasteiger partial charge in [0.15, 0.2) is 0 Å². The highest BCUT2D eigenvalue weighted by Gasteiger charge is 2.05. The predicted octanol–water partition coefficient (Wildman–Crippen LogP) is 8.13. The van der Waals surface area contributed by atoms with Gasteiger partial charge in [0.2, 0.25) is 0 Å². The third kappa shape index (κ3) is 9.26. The fourth-order valence-electron chi connectivity index (χ4n) is 3.58. The van der Waals surface area contributed by atoms with Crippen LogP contribution in [0, 0.1) is 12.8 Å². The molecule has 0 bridgehead atoms. The number of allylic oxidation sites excluding steroid dienone is 4. The smallest absolute Gasteiger partial charge is 0.0383 e. The Morgan fingerprint density at radius 1 is 1.07 bits per heavy atom. The number of hydrogen-bond acceptors (Lipinski definition) is 1. The molecule has 0 aliphatic carbocycles. The summed E-state index contributed by atoms with van der Waals surface area (Å²) in [7, 11) is 0. The molecule has 1 heteroatoms. The van der Waals surface area contributed by atoms with Crippen LogP contribution >= 0.6 is 0 Å². The zero-order chi connectivity index (χ0) is 20.8. The molecule has 1 N–H and O–H groups in total. The minimum absolute atomic E-state index is 0.914. The molecule has 0 aromatic heterocycles. The molecular weight excluding hydrogens is 338 g/mol. The van der Waals surface area contributed by atoms with Gasteiger partial charge in [-0.3, -0.25) is 0 Å². The highest BCUT2D eigenvalue weighted by atomic mass is 14.8. The third-order valence-corrected chi connectivity index (χ3v) is 5.40. The molecule has 1 aromatic rings. The highest BCUT2D eigenvalue weighted by molar-refractivity contribution is 5.66. The van der Waals surface area contributed by atoms with Gasteiger partial charge in [-0.2, -0.15) is 0 Å². The molecule has 1 aromatic carbocycles. The van der Waals surface area contributed by atoms with Gasteiger partial charge >= 0.3 is 0 Å². The monoisotopic (exact) mass is 379 g/mol. The van der Waals surface area contributed by atoms with Crippen LogP contribution in [0.15, 0.2) is 61.4 Å². The number of hydrogen-bond donors (Lipinski definition) is 1. The Labute approximate surface area is 174 Å². The van der Waals surface area contributed by atoms with E-state index in [1.807, 2.05) is 12.3 Å². The zero-order valence-corrected chi connectivity index (χ0v) is 18.7. The van der Waals surface area contributed by atoms with E-state index in [-0.39, 0.29) is 0 Å². The van der Waals surface area contributed by atoms with Crippen molar-refractivity contribution in [2.45, 2.75) is 79.1 Å².